The maximum absolute atomic E-state index is 4.97. The van der Waals surface area contributed by atoms with Gasteiger partial charge in [0.1, 0.15) is 23.2 Å². The van der Waals surface area contributed by atoms with Crippen molar-refractivity contribution < 1.29 is 9.47 Å². The molecule has 0 amide bonds. The molecule has 2 nitrogen and oxygen atoms in total. The summed E-state index contributed by atoms with van der Waals surface area (Å²) < 4.78 is 9.94. The van der Waals surface area contributed by atoms with E-state index in [1.54, 1.807) is 0 Å². The van der Waals surface area contributed by atoms with Crippen molar-refractivity contribution in [3.8, 4) is 0 Å². The second-order valence-corrected chi connectivity index (χ2v) is 11.1. The van der Waals surface area contributed by atoms with Crippen molar-refractivity contribution in [2.24, 2.45) is 0 Å². The second kappa shape index (κ2) is 10.9. The van der Waals surface area contributed by atoms with Gasteiger partial charge in [-0.25, -0.2) is 0 Å². The first kappa shape index (κ1) is 21.2. The summed E-state index contributed by atoms with van der Waals surface area (Å²) in [5, 5.41) is 4.24. The fraction of sp³-hybridized carbons (Fsp3) is 0.250. The van der Waals surface area contributed by atoms with Gasteiger partial charge < -0.3 is 9.47 Å². The first-order valence-corrected chi connectivity index (χ1v) is 12.6. The van der Waals surface area contributed by atoms with Crippen molar-refractivity contribution in [3.05, 3.63) is 91.0 Å². The SMILES string of the molecule is BrC1OCCCO1.CC[P+](c1ccccc1)(c1ccccc1)c1ccccc1. The van der Waals surface area contributed by atoms with Crippen molar-refractivity contribution in [1.82, 2.24) is 0 Å². The minimum Gasteiger partial charge on any atom is -0.343 e. The van der Waals surface area contributed by atoms with E-state index in [2.05, 4.69) is 114 Å². The fourth-order valence-electron chi connectivity index (χ4n) is 3.50. The summed E-state index contributed by atoms with van der Waals surface area (Å²) in [5.74, 6) is 0. The number of rotatable bonds is 4. The Balaban J connectivity index is 0.000000271. The van der Waals surface area contributed by atoms with Crippen molar-refractivity contribution in [2.45, 2.75) is 18.5 Å². The third-order valence-corrected chi connectivity index (χ3v) is 9.87. The lowest BCUT2D eigenvalue weighted by atomic mass is 10.4. The average Bonchev–Trinajstić information content (AvgIpc) is 2.78. The summed E-state index contributed by atoms with van der Waals surface area (Å²) in [6, 6.07) is 33.0. The topological polar surface area (TPSA) is 18.5 Å². The van der Waals surface area contributed by atoms with Gasteiger partial charge in [0, 0.05) is 0 Å². The monoisotopic (exact) mass is 457 g/mol. The van der Waals surface area contributed by atoms with Gasteiger partial charge in [0.25, 0.3) is 0 Å². The second-order valence-electron chi connectivity index (χ2n) is 6.50. The Hall–Kier alpha value is -1.51. The highest BCUT2D eigenvalue weighted by Crippen LogP contribution is 2.54. The number of benzene rings is 3. The van der Waals surface area contributed by atoms with E-state index >= 15 is 0 Å². The van der Waals surface area contributed by atoms with E-state index in [0.29, 0.717) is 0 Å². The van der Waals surface area contributed by atoms with E-state index in [9.17, 15) is 0 Å². The van der Waals surface area contributed by atoms with Crippen molar-refractivity contribution >= 4 is 39.1 Å². The molecule has 1 heterocycles. The summed E-state index contributed by atoms with van der Waals surface area (Å²) >= 11 is 3.14. The molecule has 0 bridgehead atoms. The Bertz CT molecular complexity index is 709. The van der Waals surface area contributed by atoms with Gasteiger partial charge in [0.05, 0.1) is 19.4 Å². The molecular formula is C24H27BrO2P+. The zero-order chi connectivity index (χ0) is 19.7. The van der Waals surface area contributed by atoms with Crippen molar-refractivity contribution in [2.75, 3.05) is 19.4 Å². The molecule has 0 unspecified atom stereocenters. The zero-order valence-electron chi connectivity index (χ0n) is 16.2. The Morgan fingerprint density at radius 2 is 1.07 bits per heavy atom. The molecule has 1 aliphatic rings. The van der Waals surface area contributed by atoms with Crippen LogP contribution >= 0.6 is 23.2 Å². The van der Waals surface area contributed by atoms with Gasteiger partial charge in [0.2, 0.25) is 5.20 Å². The smallest absolute Gasteiger partial charge is 0.215 e. The highest BCUT2D eigenvalue weighted by atomic mass is 79.9. The van der Waals surface area contributed by atoms with Gasteiger partial charge in [-0.2, -0.15) is 0 Å². The molecule has 4 rings (SSSR count). The minimum atomic E-state index is -1.53. The van der Waals surface area contributed by atoms with Crippen LogP contribution in [0.4, 0.5) is 0 Å². The van der Waals surface area contributed by atoms with Gasteiger partial charge in [-0.3, -0.25) is 0 Å². The highest BCUT2D eigenvalue weighted by molar-refractivity contribution is 9.09. The number of hydrogen-bond donors (Lipinski definition) is 0. The molecule has 3 aromatic rings. The first-order chi connectivity index (χ1) is 13.8. The van der Waals surface area contributed by atoms with Gasteiger partial charge in [0.15, 0.2) is 0 Å². The zero-order valence-corrected chi connectivity index (χ0v) is 18.7. The summed E-state index contributed by atoms with van der Waals surface area (Å²) in [5.41, 5.74) is 0. The van der Waals surface area contributed by atoms with E-state index < -0.39 is 7.26 Å². The number of alkyl halides is 1. The molecule has 1 fully saturated rings. The molecule has 1 saturated heterocycles. The number of halogens is 1. The molecule has 1 aliphatic heterocycles. The first-order valence-electron chi connectivity index (χ1n) is 9.69. The number of ether oxygens (including phenoxy) is 2. The maximum atomic E-state index is 4.97. The van der Waals surface area contributed by atoms with Crippen LogP contribution in [0, 0.1) is 0 Å². The third-order valence-electron chi connectivity index (χ3n) is 4.85. The molecule has 0 atom stereocenters. The molecule has 0 radical (unpaired) electrons. The summed E-state index contributed by atoms with van der Waals surface area (Å²) in [4.78, 5) is 0. The fourth-order valence-corrected chi connectivity index (χ4v) is 7.91. The molecular weight excluding hydrogens is 431 g/mol. The van der Waals surface area contributed by atoms with E-state index in [1.807, 2.05) is 0 Å². The van der Waals surface area contributed by atoms with Crippen LogP contribution < -0.4 is 15.9 Å². The molecule has 28 heavy (non-hydrogen) atoms. The molecule has 3 aromatic carbocycles. The summed E-state index contributed by atoms with van der Waals surface area (Å²) in [7, 11) is -1.53. The van der Waals surface area contributed by atoms with E-state index in [0.717, 1.165) is 25.8 Å². The van der Waals surface area contributed by atoms with Gasteiger partial charge in [-0.05, 0) is 65.7 Å². The van der Waals surface area contributed by atoms with E-state index in [1.165, 1.54) is 15.9 Å². The Morgan fingerprint density at radius 1 is 0.714 bits per heavy atom. The number of hydrogen-bond acceptors (Lipinski definition) is 2. The molecule has 4 heteroatoms. The lowest BCUT2D eigenvalue weighted by molar-refractivity contribution is -0.118. The quantitative estimate of drug-likeness (QED) is 0.400. The Kier molecular flexibility index (Phi) is 8.24. The normalized spacial score (nSPS) is 14.8. The van der Waals surface area contributed by atoms with Crippen LogP contribution in [0.1, 0.15) is 13.3 Å². The standard InChI is InChI=1S/C20H20P.C4H7BrO2/c1-2-21(18-12-6-3-7-13-18,19-14-8-4-9-15-19)20-16-10-5-11-17-20;5-4-6-2-1-3-7-4/h3-17H,2H2,1H3;4H,1-3H2/q+1;. The van der Waals surface area contributed by atoms with Crippen LogP contribution in [0.25, 0.3) is 0 Å². The molecule has 0 aromatic heterocycles. The van der Waals surface area contributed by atoms with Crippen LogP contribution in [0.15, 0.2) is 91.0 Å². The lowest BCUT2D eigenvalue weighted by Gasteiger charge is -2.26. The van der Waals surface area contributed by atoms with Crippen LogP contribution in [0.5, 0.6) is 0 Å². The molecule has 0 spiro atoms. The van der Waals surface area contributed by atoms with Crippen molar-refractivity contribution in [3.63, 3.8) is 0 Å². The molecule has 0 aliphatic carbocycles. The van der Waals surface area contributed by atoms with Gasteiger partial charge in [-0.15, -0.1) is 0 Å². The predicted molar refractivity (Wildman–Crippen MR) is 125 cm³/mol. The molecule has 0 N–H and O–H groups in total. The molecule has 146 valence electrons. The average molecular weight is 458 g/mol. The van der Waals surface area contributed by atoms with E-state index in [-0.39, 0.29) is 5.20 Å². The summed E-state index contributed by atoms with van der Waals surface area (Å²) in [6.45, 7) is 3.95. The van der Waals surface area contributed by atoms with Gasteiger partial charge >= 0.3 is 0 Å². The molecule has 0 saturated carbocycles. The van der Waals surface area contributed by atoms with Crippen LogP contribution in [-0.2, 0) is 9.47 Å². The van der Waals surface area contributed by atoms with Gasteiger partial charge in [-0.1, -0.05) is 54.6 Å². The van der Waals surface area contributed by atoms with Crippen LogP contribution in [0.2, 0.25) is 0 Å². The predicted octanol–water partition coefficient (Wildman–Crippen LogP) is 5.10. The maximum Gasteiger partial charge on any atom is 0.215 e. The largest absolute Gasteiger partial charge is 0.343 e. The third kappa shape index (κ3) is 5.10. The summed E-state index contributed by atoms with van der Waals surface area (Å²) in [6.07, 6.45) is 2.16. The Labute approximate surface area is 177 Å². The van der Waals surface area contributed by atoms with Crippen LogP contribution in [0.3, 0.4) is 0 Å². The van der Waals surface area contributed by atoms with E-state index in [4.69, 9.17) is 9.47 Å². The Morgan fingerprint density at radius 3 is 1.32 bits per heavy atom. The van der Waals surface area contributed by atoms with Crippen molar-refractivity contribution in [1.29, 1.82) is 0 Å². The minimum absolute atomic E-state index is 0.152. The van der Waals surface area contributed by atoms with Crippen LogP contribution in [-0.4, -0.2) is 24.6 Å². The lowest BCUT2D eigenvalue weighted by Crippen LogP contribution is -2.32. The highest BCUT2D eigenvalue weighted by Gasteiger charge is 2.43.